The van der Waals surface area contributed by atoms with Gasteiger partial charge in [0.25, 0.3) is 0 Å². The van der Waals surface area contributed by atoms with Crippen LogP contribution in [0.3, 0.4) is 0 Å². The van der Waals surface area contributed by atoms with Gasteiger partial charge in [-0.15, -0.1) is 0 Å². The molecule has 3 nitrogen and oxygen atoms in total. The number of ketones is 1. The van der Waals surface area contributed by atoms with E-state index in [0.717, 1.165) is 26.1 Å². The number of Topliss-reactive ketones (excluding diaryl/α,β-unsaturated/α-hetero) is 1. The molecule has 1 saturated heterocycles. The first-order chi connectivity index (χ1) is 5.83. The third-order valence-corrected chi connectivity index (χ3v) is 1.91. The molecule has 0 aliphatic carbocycles. The predicted octanol–water partition coefficient (Wildman–Crippen LogP) is 1.16. The Morgan fingerprint density at radius 2 is 2.33 bits per heavy atom. The Morgan fingerprint density at radius 1 is 1.58 bits per heavy atom. The highest BCUT2D eigenvalue weighted by atomic mass is 16.6. The number of unbranched alkanes of at least 4 members (excludes halogenated alkanes) is 1. The minimum Gasteiger partial charge on any atom is -0.385 e. The highest BCUT2D eigenvalue weighted by molar-refractivity contribution is 5.79. The smallest absolute Gasteiger partial charge is 0.135 e. The summed E-state index contributed by atoms with van der Waals surface area (Å²) in [5.74, 6) is 0.327. The van der Waals surface area contributed by atoms with Crippen molar-refractivity contribution in [3.05, 3.63) is 0 Å². The summed E-state index contributed by atoms with van der Waals surface area (Å²) < 4.78 is 9.84. The first-order valence-electron chi connectivity index (χ1n) is 4.45. The fraction of sp³-hybridized carbons (Fsp3) is 0.889. The molecular weight excluding hydrogens is 156 g/mol. The summed E-state index contributed by atoms with van der Waals surface area (Å²) in [7, 11) is 1.68. The van der Waals surface area contributed by atoms with E-state index in [1.165, 1.54) is 0 Å². The van der Waals surface area contributed by atoms with Crippen molar-refractivity contribution < 1.29 is 14.3 Å². The Morgan fingerprint density at radius 3 is 2.92 bits per heavy atom. The number of epoxide rings is 1. The number of carbonyl (C=O) groups excluding carboxylic acids is 1. The second-order valence-electron chi connectivity index (χ2n) is 3.15. The van der Waals surface area contributed by atoms with Gasteiger partial charge in [-0.05, 0) is 12.8 Å². The van der Waals surface area contributed by atoms with Gasteiger partial charge in [0.15, 0.2) is 0 Å². The van der Waals surface area contributed by atoms with E-state index in [-0.39, 0.29) is 6.10 Å². The fourth-order valence-corrected chi connectivity index (χ4v) is 1.11. The molecule has 0 aromatic carbocycles. The van der Waals surface area contributed by atoms with Crippen molar-refractivity contribution in [2.45, 2.75) is 31.8 Å². The highest BCUT2D eigenvalue weighted by Gasteiger charge is 2.24. The summed E-state index contributed by atoms with van der Waals surface area (Å²) in [6, 6.07) is 0. The van der Waals surface area contributed by atoms with Crippen LogP contribution in [-0.2, 0) is 14.3 Å². The van der Waals surface area contributed by atoms with Crippen LogP contribution in [0.4, 0.5) is 0 Å². The molecule has 0 radical (unpaired) electrons. The van der Waals surface area contributed by atoms with E-state index in [4.69, 9.17) is 9.47 Å². The molecule has 0 aromatic rings. The molecule has 1 rings (SSSR count). The molecule has 0 amide bonds. The van der Waals surface area contributed by atoms with Crippen molar-refractivity contribution in [3.8, 4) is 0 Å². The van der Waals surface area contributed by atoms with E-state index >= 15 is 0 Å². The molecule has 70 valence electrons. The standard InChI is InChI=1S/C9H16O3/c1-11-5-3-2-4-8(10)6-9-7-12-9/h9H,2-7H2,1H3. The zero-order chi connectivity index (χ0) is 8.81. The van der Waals surface area contributed by atoms with E-state index in [9.17, 15) is 4.79 Å². The molecule has 0 N–H and O–H groups in total. The molecule has 1 fully saturated rings. The third-order valence-electron chi connectivity index (χ3n) is 1.91. The topological polar surface area (TPSA) is 38.8 Å². The summed E-state index contributed by atoms with van der Waals surface area (Å²) >= 11 is 0. The zero-order valence-electron chi connectivity index (χ0n) is 7.54. The summed E-state index contributed by atoms with van der Waals surface area (Å²) in [5.41, 5.74) is 0. The fourth-order valence-electron chi connectivity index (χ4n) is 1.11. The third kappa shape index (κ3) is 4.46. The molecule has 1 aliphatic heterocycles. The van der Waals surface area contributed by atoms with Gasteiger partial charge in [0.1, 0.15) is 5.78 Å². The lowest BCUT2D eigenvalue weighted by atomic mass is 10.1. The lowest BCUT2D eigenvalue weighted by Gasteiger charge is -1.98. The van der Waals surface area contributed by atoms with Crippen molar-refractivity contribution in [3.63, 3.8) is 0 Å². The van der Waals surface area contributed by atoms with Crippen molar-refractivity contribution in [1.29, 1.82) is 0 Å². The van der Waals surface area contributed by atoms with Gasteiger partial charge in [-0.1, -0.05) is 0 Å². The maximum Gasteiger partial charge on any atom is 0.135 e. The normalized spacial score (nSPS) is 20.9. The number of ether oxygens (including phenoxy) is 2. The van der Waals surface area contributed by atoms with E-state index < -0.39 is 0 Å². The Balaban J connectivity index is 1.87. The molecule has 0 aromatic heterocycles. The first kappa shape index (κ1) is 9.68. The largest absolute Gasteiger partial charge is 0.385 e. The van der Waals surface area contributed by atoms with Crippen LogP contribution in [-0.4, -0.2) is 32.2 Å². The van der Waals surface area contributed by atoms with Crippen LogP contribution in [0, 0.1) is 0 Å². The van der Waals surface area contributed by atoms with Gasteiger partial charge >= 0.3 is 0 Å². The van der Waals surface area contributed by atoms with Crippen molar-refractivity contribution in [1.82, 2.24) is 0 Å². The number of hydrogen-bond acceptors (Lipinski definition) is 3. The average molecular weight is 172 g/mol. The lowest BCUT2D eigenvalue weighted by Crippen LogP contribution is -2.02. The van der Waals surface area contributed by atoms with Crippen LogP contribution in [0.25, 0.3) is 0 Å². The molecule has 1 unspecified atom stereocenters. The Labute approximate surface area is 73.0 Å². The Hall–Kier alpha value is -0.410. The maximum atomic E-state index is 11.1. The van der Waals surface area contributed by atoms with E-state index in [2.05, 4.69) is 0 Å². The van der Waals surface area contributed by atoms with Crippen LogP contribution in [0.5, 0.6) is 0 Å². The molecule has 1 aliphatic rings. The second kappa shape index (κ2) is 5.27. The Kier molecular flexibility index (Phi) is 4.25. The first-order valence-corrected chi connectivity index (χ1v) is 4.45. The molecule has 0 saturated carbocycles. The van der Waals surface area contributed by atoms with Crippen molar-refractivity contribution in [2.24, 2.45) is 0 Å². The summed E-state index contributed by atoms with van der Waals surface area (Å²) in [6.07, 6.45) is 3.48. The maximum absolute atomic E-state index is 11.1. The van der Waals surface area contributed by atoms with Gasteiger partial charge < -0.3 is 9.47 Å². The highest BCUT2D eigenvalue weighted by Crippen LogP contribution is 2.15. The summed E-state index contributed by atoms with van der Waals surface area (Å²) in [4.78, 5) is 11.1. The van der Waals surface area contributed by atoms with Gasteiger partial charge in [0.2, 0.25) is 0 Å². The van der Waals surface area contributed by atoms with Gasteiger partial charge in [-0.2, -0.15) is 0 Å². The minimum atomic E-state index is 0.250. The monoisotopic (exact) mass is 172 g/mol. The van der Waals surface area contributed by atoms with Crippen LogP contribution >= 0.6 is 0 Å². The van der Waals surface area contributed by atoms with Gasteiger partial charge in [0, 0.05) is 26.6 Å². The lowest BCUT2D eigenvalue weighted by molar-refractivity contribution is -0.119. The number of rotatable bonds is 7. The minimum absolute atomic E-state index is 0.250. The van der Waals surface area contributed by atoms with E-state index in [1.807, 2.05) is 0 Å². The van der Waals surface area contributed by atoms with Crippen LogP contribution in [0.1, 0.15) is 25.7 Å². The quantitative estimate of drug-likeness (QED) is 0.427. The SMILES string of the molecule is COCCCCC(=O)CC1CO1. The van der Waals surface area contributed by atoms with Crippen LogP contribution in [0.15, 0.2) is 0 Å². The number of carbonyl (C=O) groups is 1. The zero-order valence-corrected chi connectivity index (χ0v) is 7.54. The van der Waals surface area contributed by atoms with E-state index in [1.54, 1.807) is 7.11 Å². The van der Waals surface area contributed by atoms with Gasteiger partial charge in [0.05, 0.1) is 12.7 Å². The van der Waals surface area contributed by atoms with E-state index in [0.29, 0.717) is 18.6 Å². The Bertz CT molecular complexity index is 141. The van der Waals surface area contributed by atoms with Crippen molar-refractivity contribution in [2.75, 3.05) is 20.3 Å². The molecule has 3 heteroatoms. The molecule has 0 bridgehead atoms. The predicted molar refractivity (Wildman–Crippen MR) is 45.1 cm³/mol. The van der Waals surface area contributed by atoms with Crippen molar-refractivity contribution >= 4 is 5.78 Å². The van der Waals surface area contributed by atoms with Crippen LogP contribution in [0.2, 0.25) is 0 Å². The summed E-state index contributed by atoms with van der Waals surface area (Å²) in [5, 5.41) is 0. The van der Waals surface area contributed by atoms with Gasteiger partial charge in [-0.25, -0.2) is 0 Å². The summed E-state index contributed by atoms with van der Waals surface area (Å²) in [6.45, 7) is 1.54. The molecule has 0 spiro atoms. The second-order valence-corrected chi connectivity index (χ2v) is 3.15. The average Bonchev–Trinajstić information content (AvgIpc) is 2.82. The molecule has 1 atom stereocenters. The molecular formula is C9H16O3. The van der Waals surface area contributed by atoms with Gasteiger partial charge in [-0.3, -0.25) is 4.79 Å². The number of hydrogen-bond donors (Lipinski definition) is 0. The molecule has 12 heavy (non-hydrogen) atoms. The van der Waals surface area contributed by atoms with Crippen LogP contribution < -0.4 is 0 Å². The molecule has 1 heterocycles. The number of methoxy groups -OCH3 is 1.